The summed E-state index contributed by atoms with van der Waals surface area (Å²) in [5.74, 6) is 1.84. The van der Waals surface area contributed by atoms with E-state index in [4.69, 9.17) is 19.6 Å². The van der Waals surface area contributed by atoms with Gasteiger partial charge in [0.25, 0.3) is 0 Å². The molecule has 34 heavy (non-hydrogen) atoms. The van der Waals surface area contributed by atoms with Crippen molar-refractivity contribution in [3.05, 3.63) is 48.4 Å². The van der Waals surface area contributed by atoms with Crippen LogP contribution >= 0.6 is 0 Å². The molecule has 9 heteroatoms. The Morgan fingerprint density at radius 3 is 2.32 bits per heavy atom. The second kappa shape index (κ2) is 10.8. The van der Waals surface area contributed by atoms with Crippen LogP contribution in [-0.4, -0.2) is 60.0 Å². The summed E-state index contributed by atoms with van der Waals surface area (Å²) in [6, 6.07) is 10.2. The van der Waals surface area contributed by atoms with E-state index in [0.29, 0.717) is 45.9 Å². The molecule has 0 aliphatic heterocycles. The summed E-state index contributed by atoms with van der Waals surface area (Å²) in [6.45, 7) is 5.81. The van der Waals surface area contributed by atoms with Crippen LogP contribution in [0.1, 0.15) is 32.9 Å². The molecule has 1 aromatic heterocycles. The second-order valence-electron chi connectivity index (χ2n) is 8.21. The van der Waals surface area contributed by atoms with Crippen LogP contribution in [-0.2, 0) is 0 Å². The number of methoxy groups -OCH3 is 2. The summed E-state index contributed by atoms with van der Waals surface area (Å²) in [6.07, 6.45) is 1.81. The highest BCUT2D eigenvalue weighted by Gasteiger charge is 2.20. The summed E-state index contributed by atoms with van der Waals surface area (Å²) in [5, 5.41) is 12.2. The smallest absolute Gasteiger partial charge is 0.321 e. The number of hydrogen-bond donors (Lipinski definition) is 2. The maximum absolute atomic E-state index is 12.8. The Morgan fingerprint density at radius 2 is 1.71 bits per heavy atom. The van der Waals surface area contributed by atoms with E-state index in [1.54, 1.807) is 50.4 Å². The van der Waals surface area contributed by atoms with Crippen molar-refractivity contribution in [1.29, 1.82) is 5.41 Å². The van der Waals surface area contributed by atoms with Crippen molar-refractivity contribution in [2.45, 2.75) is 39.3 Å². The number of nitrogens with zero attached hydrogens (tertiary/aromatic N) is 3. The van der Waals surface area contributed by atoms with Crippen molar-refractivity contribution in [2.75, 3.05) is 26.6 Å². The SMILES string of the molecule is COc1cc2ncnc(C(=N)CC(C)N(C)C(=O)Nc3ccc(OC(C)C)cc3)c2cc1OC. The number of rotatable bonds is 9. The van der Waals surface area contributed by atoms with Gasteiger partial charge in [-0.25, -0.2) is 14.8 Å². The summed E-state index contributed by atoms with van der Waals surface area (Å²) < 4.78 is 16.4. The first-order valence-electron chi connectivity index (χ1n) is 11.0. The highest BCUT2D eigenvalue weighted by atomic mass is 16.5. The molecule has 1 heterocycles. The number of aromatic nitrogens is 2. The van der Waals surface area contributed by atoms with Crippen LogP contribution < -0.4 is 19.5 Å². The lowest BCUT2D eigenvalue weighted by atomic mass is 10.0. The molecule has 0 aliphatic rings. The van der Waals surface area contributed by atoms with E-state index in [-0.39, 0.29) is 18.2 Å². The molecule has 180 valence electrons. The van der Waals surface area contributed by atoms with Gasteiger partial charge in [-0.3, -0.25) is 0 Å². The van der Waals surface area contributed by atoms with Gasteiger partial charge in [0.05, 0.1) is 37.2 Å². The lowest BCUT2D eigenvalue weighted by Gasteiger charge is -2.25. The van der Waals surface area contributed by atoms with Crippen LogP contribution in [0.5, 0.6) is 17.2 Å². The molecule has 0 saturated carbocycles. The maximum atomic E-state index is 12.8. The molecule has 2 N–H and O–H groups in total. The van der Waals surface area contributed by atoms with Gasteiger partial charge < -0.3 is 29.8 Å². The number of ether oxygens (including phenoxy) is 3. The fraction of sp³-hybridized carbons (Fsp3) is 0.360. The highest BCUT2D eigenvalue weighted by Crippen LogP contribution is 2.32. The molecule has 9 nitrogen and oxygen atoms in total. The molecule has 3 aromatic rings. The predicted octanol–water partition coefficient (Wildman–Crippen LogP) is 4.74. The van der Waals surface area contributed by atoms with Crippen LogP contribution in [0.2, 0.25) is 0 Å². The van der Waals surface area contributed by atoms with E-state index >= 15 is 0 Å². The second-order valence-corrected chi connectivity index (χ2v) is 8.21. The van der Waals surface area contributed by atoms with E-state index in [2.05, 4.69) is 15.3 Å². The minimum Gasteiger partial charge on any atom is -0.493 e. The normalized spacial score (nSPS) is 11.7. The molecule has 0 spiro atoms. The number of benzene rings is 2. The zero-order valence-electron chi connectivity index (χ0n) is 20.4. The van der Waals surface area contributed by atoms with E-state index in [1.165, 1.54) is 6.33 Å². The Kier molecular flexibility index (Phi) is 7.88. The van der Waals surface area contributed by atoms with E-state index in [1.807, 2.05) is 32.9 Å². The van der Waals surface area contributed by atoms with Crippen molar-refractivity contribution in [3.63, 3.8) is 0 Å². The summed E-state index contributed by atoms with van der Waals surface area (Å²) in [7, 11) is 4.82. The number of carbonyl (C=O) groups excluding carboxylic acids is 1. The minimum atomic E-state index is -0.267. The number of urea groups is 1. The van der Waals surface area contributed by atoms with Crippen molar-refractivity contribution < 1.29 is 19.0 Å². The van der Waals surface area contributed by atoms with Crippen molar-refractivity contribution >= 4 is 28.3 Å². The van der Waals surface area contributed by atoms with Crippen LogP contribution in [0.25, 0.3) is 10.9 Å². The standard InChI is InChI=1S/C25H31N5O4/c1-15(2)34-18-9-7-17(8-10-18)29-25(31)30(4)16(3)11-20(26)24-19-12-22(32-5)23(33-6)13-21(19)27-14-28-24/h7-10,12-16,26H,11H2,1-6H3,(H,29,31). The first-order valence-corrected chi connectivity index (χ1v) is 11.0. The highest BCUT2D eigenvalue weighted by molar-refractivity contribution is 6.07. The number of hydrogen-bond acceptors (Lipinski definition) is 7. The van der Waals surface area contributed by atoms with Gasteiger partial charge in [0.1, 0.15) is 12.1 Å². The number of fused-ring (bicyclic) bond motifs is 1. The monoisotopic (exact) mass is 465 g/mol. The zero-order valence-corrected chi connectivity index (χ0v) is 20.4. The molecule has 1 unspecified atom stereocenters. The largest absolute Gasteiger partial charge is 0.493 e. The molecule has 0 saturated heterocycles. The van der Waals surface area contributed by atoms with E-state index < -0.39 is 0 Å². The van der Waals surface area contributed by atoms with Crippen LogP contribution in [0.4, 0.5) is 10.5 Å². The van der Waals surface area contributed by atoms with Gasteiger partial charge in [-0.05, 0) is 51.1 Å². The van der Waals surface area contributed by atoms with Gasteiger partial charge in [-0.2, -0.15) is 0 Å². The van der Waals surface area contributed by atoms with Crippen molar-refractivity contribution in [2.24, 2.45) is 0 Å². The van der Waals surface area contributed by atoms with Gasteiger partial charge in [-0.1, -0.05) is 0 Å². The third-order valence-electron chi connectivity index (χ3n) is 5.38. The first kappa shape index (κ1) is 24.8. The fourth-order valence-electron chi connectivity index (χ4n) is 3.45. The zero-order chi connectivity index (χ0) is 24.8. The van der Waals surface area contributed by atoms with Gasteiger partial charge >= 0.3 is 6.03 Å². The van der Waals surface area contributed by atoms with Crippen LogP contribution in [0, 0.1) is 5.41 Å². The summed E-state index contributed by atoms with van der Waals surface area (Å²) in [4.78, 5) is 22.9. The number of amides is 2. The van der Waals surface area contributed by atoms with Crippen LogP contribution in [0.15, 0.2) is 42.7 Å². The molecular weight excluding hydrogens is 434 g/mol. The fourth-order valence-corrected chi connectivity index (χ4v) is 3.45. The molecule has 0 aliphatic carbocycles. The van der Waals surface area contributed by atoms with E-state index in [9.17, 15) is 4.79 Å². The van der Waals surface area contributed by atoms with Gasteiger partial charge in [0.2, 0.25) is 0 Å². The first-order chi connectivity index (χ1) is 16.2. The van der Waals surface area contributed by atoms with Gasteiger partial charge in [0, 0.05) is 36.7 Å². The lowest BCUT2D eigenvalue weighted by molar-refractivity contribution is 0.209. The number of nitrogens with one attached hydrogen (secondary N) is 2. The van der Waals surface area contributed by atoms with Gasteiger partial charge in [-0.15, -0.1) is 0 Å². The van der Waals surface area contributed by atoms with Crippen molar-refractivity contribution in [3.8, 4) is 17.2 Å². The van der Waals surface area contributed by atoms with Crippen LogP contribution in [0.3, 0.4) is 0 Å². The molecule has 2 amide bonds. The lowest BCUT2D eigenvalue weighted by Crippen LogP contribution is -2.39. The van der Waals surface area contributed by atoms with Crippen molar-refractivity contribution in [1.82, 2.24) is 14.9 Å². The Bertz CT molecular complexity index is 1160. The molecule has 2 aromatic carbocycles. The third-order valence-corrected chi connectivity index (χ3v) is 5.38. The number of anilines is 1. The third kappa shape index (κ3) is 5.72. The topological polar surface area (TPSA) is 110 Å². The molecule has 0 radical (unpaired) electrons. The molecule has 3 rings (SSSR count). The molecule has 0 fully saturated rings. The Balaban J connectivity index is 1.70. The minimum absolute atomic E-state index is 0.0814. The molecular formula is C25H31N5O4. The predicted molar refractivity (Wildman–Crippen MR) is 133 cm³/mol. The maximum Gasteiger partial charge on any atom is 0.321 e. The Hall–Kier alpha value is -3.88. The Morgan fingerprint density at radius 1 is 1.06 bits per heavy atom. The molecule has 0 bridgehead atoms. The van der Waals surface area contributed by atoms with Gasteiger partial charge in [0.15, 0.2) is 11.5 Å². The van der Waals surface area contributed by atoms with E-state index in [0.717, 1.165) is 5.75 Å². The average Bonchev–Trinajstić information content (AvgIpc) is 2.82. The summed E-state index contributed by atoms with van der Waals surface area (Å²) in [5.41, 5.74) is 2.10. The Labute approximate surface area is 199 Å². The quantitative estimate of drug-likeness (QED) is 0.442. The number of carbonyl (C=O) groups is 1. The molecule has 1 atom stereocenters. The average molecular weight is 466 g/mol. The summed E-state index contributed by atoms with van der Waals surface area (Å²) >= 11 is 0.